The van der Waals surface area contributed by atoms with E-state index in [4.69, 9.17) is 15.9 Å². The Labute approximate surface area is 88.6 Å². The van der Waals surface area contributed by atoms with Gasteiger partial charge in [0, 0.05) is 0 Å². The van der Waals surface area contributed by atoms with Crippen molar-refractivity contribution in [3.05, 3.63) is 29.1 Å². The van der Waals surface area contributed by atoms with Crippen LogP contribution in [0.4, 0.5) is 4.39 Å². The third-order valence-corrected chi connectivity index (χ3v) is 1.88. The lowest BCUT2D eigenvalue weighted by atomic mass is 10.1. The van der Waals surface area contributed by atoms with Gasteiger partial charge in [-0.1, -0.05) is 0 Å². The second kappa shape index (κ2) is 4.29. The van der Waals surface area contributed by atoms with Gasteiger partial charge in [-0.3, -0.25) is 5.41 Å². The van der Waals surface area contributed by atoms with E-state index in [9.17, 15) is 4.39 Å². The number of ether oxygens (including phenoxy) is 1. The summed E-state index contributed by atoms with van der Waals surface area (Å²) in [6.07, 6.45) is -0.0349. The molecule has 3 nitrogen and oxygen atoms in total. The highest BCUT2D eigenvalue weighted by Crippen LogP contribution is 2.25. The normalized spacial score (nSPS) is 10.5. The molecule has 0 aliphatic heterocycles. The van der Waals surface area contributed by atoms with Crippen molar-refractivity contribution in [2.75, 3.05) is 0 Å². The first kappa shape index (κ1) is 11.5. The van der Waals surface area contributed by atoms with Crippen LogP contribution >= 0.6 is 0 Å². The van der Waals surface area contributed by atoms with Crippen LogP contribution in [-0.4, -0.2) is 11.9 Å². The van der Waals surface area contributed by atoms with Gasteiger partial charge in [0.1, 0.15) is 17.4 Å². The summed E-state index contributed by atoms with van der Waals surface area (Å²) >= 11 is 0. The number of hydrogen-bond acceptors (Lipinski definition) is 2. The summed E-state index contributed by atoms with van der Waals surface area (Å²) in [6.45, 7) is 5.46. The molecule has 82 valence electrons. The van der Waals surface area contributed by atoms with Crippen molar-refractivity contribution in [3.8, 4) is 5.75 Å². The summed E-state index contributed by atoms with van der Waals surface area (Å²) in [6, 6.07) is 2.58. The van der Waals surface area contributed by atoms with Crippen LogP contribution < -0.4 is 10.5 Å². The number of halogens is 1. The fraction of sp³-hybridized carbons (Fsp3) is 0.364. The van der Waals surface area contributed by atoms with Gasteiger partial charge in [-0.25, -0.2) is 4.39 Å². The Morgan fingerprint density at radius 1 is 1.47 bits per heavy atom. The van der Waals surface area contributed by atoms with E-state index in [0.717, 1.165) is 0 Å². The van der Waals surface area contributed by atoms with E-state index in [1.807, 2.05) is 13.8 Å². The lowest BCUT2D eigenvalue weighted by molar-refractivity contribution is 0.240. The highest BCUT2D eigenvalue weighted by atomic mass is 19.1. The highest BCUT2D eigenvalue weighted by molar-refractivity contribution is 5.98. The number of nitrogen functional groups attached to an aromatic ring is 1. The van der Waals surface area contributed by atoms with Gasteiger partial charge in [0.15, 0.2) is 0 Å². The molecular formula is C11H15FN2O. The van der Waals surface area contributed by atoms with E-state index in [1.165, 1.54) is 12.1 Å². The largest absolute Gasteiger partial charge is 0.490 e. The standard InChI is InChI=1S/C11H15FN2O/c1-6(2)15-10-7(3)4-8(12)5-9(10)11(13)14/h4-6H,1-3H3,(H3,13,14). The van der Waals surface area contributed by atoms with E-state index in [-0.39, 0.29) is 11.9 Å². The zero-order valence-electron chi connectivity index (χ0n) is 9.10. The lowest BCUT2D eigenvalue weighted by Gasteiger charge is -2.16. The summed E-state index contributed by atoms with van der Waals surface area (Å²) < 4.78 is 18.6. The van der Waals surface area contributed by atoms with E-state index in [0.29, 0.717) is 16.9 Å². The zero-order valence-corrected chi connectivity index (χ0v) is 9.10. The second-order valence-corrected chi connectivity index (χ2v) is 3.68. The molecule has 0 aromatic heterocycles. The van der Waals surface area contributed by atoms with Gasteiger partial charge < -0.3 is 10.5 Å². The maximum absolute atomic E-state index is 13.1. The summed E-state index contributed by atoms with van der Waals surface area (Å²) in [5.41, 5.74) is 6.32. The predicted octanol–water partition coefficient (Wildman–Crippen LogP) is 2.21. The summed E-state index contributed by atoms with van der Waals surface area (Å²) in [5, 5.41) is 7.34. The van der Waals surface area contributed by atoms with Crippen LogP contribution in [0.3, 0.4) is 0 Å². The lowest BCUT2D eigenvalue weighted by Crippen LogP contribution is -2.16. The van der Waals surface area contributed by atoms with Gasteiger partial charge >= 0.3 is 0 Å². The Morgan fingerprint density at radius 2 is 2.07 bits per heavy atom. The molecule has 0 saturated heterocycles. The second-order valence-electron chi connectivity index (χ2n) is 3.68. The van der Waals surface area contributed by atoms with E-state index in [1.54, 1.807) is 6.92 Å². The van der Waals surface area contributed by atoms with Crippen molar-refractivity contribution >= 4 is 5.84 Å². The quantitative estimate of drug-likeness (QED) is 0.593. The summed E-state index contributed by atoms with van der Waals surface area (Å²) in [5.74, 6) is -0.110. The average Bonchev–Trinajstić information content (AvgIpc) is 2.08. The number of rotatable bonds is 3. The van der Waals surface area contributed by atoms with Crippen LogP contribution in [0.15, 0.2) is 12.1 Å². The third-order valence-electron chi connectivity index (χ3n) is 1.88. The molecule has 0 aliphatic rings. The van der Waals surface area contributed by atoms with Crippen LogP contribution in [0.5, 0.6) is 5.75 Å². The van der Waals surface area contributed by atoms with Crippen LogP contribution in [0.2, 0.25) is 0 Å². The van der Waals surface area contributed by atoms with Gasteiger partial charge in [0.05, 0.1) is 11.7 Å². The molecule has 4 heteroatoms. The minimum Gasteiger partial charge on any atom is -0.490 e. The van der Waals surface area contributed by atoms with Gasteiger partial charge in [0.2, 0.25) is 0 Å². The Morgan fingerprint density at radius 3 is 2.53 bits per heavy atom. The monoisotopic (exact) mass is 210 g/mol. The van der Waals surface area contributed by atoms with Crippen molar-refractivity contribution < 1.29 is 9.13 Å². The molecule has 0 aliphatic carbocycles. The number of aryl methyl sites for hydroxylation is 1. The van der Waals surface area contributed by atoms with Crippen molar-refractivity contribution in [3.63, 3.8) is 0 Å². The fourth-order valence-electron chi connectivity index (χ4n) is 1.32. The van der Waals surface area contributed by atoms with Crippen molar-refractivity contribution in [1.82, 2.24) is 0 Å². The molecule has 0 unspecified atom stereocenters. The molecule has 15 heavy (non-hydrogen) atoms. The molecule has 1 rings (SSSR count). The molecular weight excluding hydrogens is 195 g/mol. The Balaban J connectivity index is 3.27. The maximum Gasteiger partial charge on any atom is 0.133 e. The van der Waals surface area contributed by atoms with Gasteiger partial charge in [-0.05, 0) is 38.5 Å². The van der Waals surface area contributed by atoms with E-state index in [2.05, 4.69) is 0 Å². The van der Waals surface area contributed by atoms with Crippen molar-refractivity contribution in [2.45, 2.75) is 26.9 Å². The molecule has 0 bridgehead atoms. The number of hydrogen-bond donors (Lipinski definition) is 2. The number of benzene rings is 1. The number of nitrogens with one attached hydrogen (secondary N) is 1. The van der Waals surface area contributed by atoms with Gasteiger partial charge in [0.25, 0.3) is 0 Å². The zero-order chi connectivity index (χ0) is 11.6. The first-order valence-electron chi connectivity index (χ1n) is 4.73. The maximum atomic E-state index is 13.1. The molecule has 0 radical (unpaired) electrons. The smallest absolute Gasteiger partial charge is 0.133 e. The number of amidine groups is 1. The van der Waals surface area contributed by atoms with Gasteiger partial charge in [-0.2, -0.15) is 0 Å². The summed E-state index contributed by atoms with van der Waals surface area (Å²) in [7, 11) is 0. The first-order chi connectivity index (χ1) is 6.91. The van der Waals surface area contributed by atoms with Crippen LogP contribution in [0, 0.1) is 18.2 Å². The summed E-state index contributed by atoms with van der Waals surface area (Å²) in [4.78, 5) is 0. The van der Waals surface area contributed by atoms with Crippen LogP contribution in [0.25, 0.3) is 0 Å². The molecule has 0 amide bonds. The molecule has 1 aromatic carbocycles. The number of nitrogens with two attached hydrogens (primary N) is 1. The molecule has 0 heterocycles. The first-order valence-corrected chi connectivity index (χ1v) is 4.73. The van der Waals surface area contributed by atoms with Crippen molar-refractivity contribution in [2.24, 2.45) is 5.73 Å². The minimum atomic E-state index is -0.409. The third kappa shape index (κ3) is 2.68. The SMILES string of the molecule is Cc1cc(F)cc(C(=N)N)c1OC(C)C. The fourth-order valence-corrected chi connectivity index (χ4v) is 1.32. The Kier molecular flexibility index (Phi) is 3.29. The van der Waals surface area contributed by atoms with Crippen molar-refractivity contribution in [1.29, 1.82) is 5.41 Å². The topological polar surface area (TPSA) is 59.1 Å². The van der Waals surface area contributed by atoms with E-state index < -0.39 is 5.82 Å². The van der Waals surface area contributed by atoms with Gasteiger partial charge in [-0.15, -0.1) is 0 Å². The highest BCUT2D eigenvalue weighted by Gasteiger charge is 2.13. The Hall–Kier alpha value is -1.58. The molecule has 0 fully saturated rings. The predicted molar refractivity (Wildman–Crippen MR) is 57.9 cm³/mol. The molecule has 1 aromatic rings. The van der Waals surface area contributed by atoms with Crippen LogP contribution in [0.1, 0.15) is 25.0 Å². The average molecular weight is 210 g/mol. The minimum absolute atomic E-state index is 0.0349. The Bertz CT molecular complexity index is 388. The van der Waals surface area contributed by atoms with E-state index >= 15 is 0 Å². The molecule has 0 saturated carbocycles. The molecule has 0 atom stereocenters. The molecule has 0 spiro atoms. The van der Waals surface area contributed by atoms with Crippen LogP contribution in [-0.2, 0) is 0 Å². The molecule has 3 N–H and O–H groups in total.